The zero-order valence-corrected chi connectivity index (χ0v) is 22.3. The fourth-order valence-electron chi connectivity index (χ4n) is 4.38. The Bertz CT molecular complexity index is 1030. The van der Waals surface area contributed by atoms with Gasteiger partial charge in [-0.25, -0.2) is 4.79 Å². The molecule has 2 amide bonds. The Morgan fingerprint density at radius 1 is 0.972 bits per heavy atom. The smallest absolute Gasteiger partial charge is 0.412 e. The topological polar surface area (TPSA) is 94.1 Å². The molecule has 3 rings (SSSR count). The fourth-order valence-corrected chi connectivity index (χ4v) is 4.38. The van der Waals surface area contributed by atoms with Crippen molar-refractivity contribution in [3.63, 3.8) is 0 Å². The average molecular weight is 497 g/mol. The molecule has 196 valence electrons. The van der Waals surface area contributed by atoms with Gasteiger partial charge in [-0.05, 0) is 83.9 Å². The van der Waals surface area contributed by atoms with Crippen molar-refractivity contribution in [1.29, 1.82) is 0 Å². The monoisotopic (exact) mass is 496 g/mol. The van der Waals surface area contributed by atoms with Gasteiger partial charge in [0.1, 0.15) is 5.60 Å². The summed E-state index contributed by atoms with van der Waals surface area (Å²) in [4.78, 5) is 29.7. The van der Waals surface area contributed by atoms with Crippen LogP contribution in [0, 0.1) is 0 Å². The molecule has 0 aromatic heterocycles. The Labute approximate surface area is 214 Å². The van der Waals surface area contributed by atoms with Gasteiger partial charge in [-0.1, -0.05) is 12.1 Å². The Hall–Kier alpha value is -3.10. The van der Waals surface area contributed by atoms with Crippen LogP contribution in [0.15, 0.2) is 48.5 Å². The first-order valence-corrected chi connectivity index (χ1v) is 12.5. The number of amides is 2. The molecule has 0 radical (unpaired) electrons. The number of para-hydroxylation sites is 2. The highest BCUT2D eigenvalue weighted by Crippen LogP contribution is 2.25. The lowest BCUT2D eigenvalue weighted by Crippen LogP contribution is -2.47. The molecule has 1 aliphatic heterocycles. The van der Waals surface area contributed by atoms with Crippen LogP contribution in [-0.2, 0) is 4.74 Å². The average Bonchev–Trinajstić information content (AvgIpc) is 2.78. The number of carbonyl (C=O) groups excluding carboxylic acids is 2. The van der Waals surface area contributed by atoms with E-state index in [2.05, 4.69) is 27.5 Å². The van der Waals surface area contributed by atoms with E-state index in [9.17, 15) is 14.7 Å². The maximum absolute atomic E-state index is 12.9. The van der Waals surface area contributed by atoms with Crippen molar-refractivity contribution < 1.29 is 19.4 Å². The van der Waals surface area contributed by atoms with Crippen molar-refractivity contribution in [2.24, 2.45) is 0 Å². The summed E-state index contributed by atoms with van der Waals surface area (Å²) < 4.78 is 5.32. The summed E-state index contributed by atoms with van der Waals surface area (Å²) in [6.45, 7) is 11.7. The van der Waals surface area contributed by atoms with E-state index in [1.54, 1.807) is 45.0 Å². The van der Waals surface area contributed by atoms with Crippen molar-refractivity contribution in [1.82, 2.24) is 4.90 Å². The third-order valence-corrected chi connectivity index (χ3v) is 6.06. The van der Waals surface area contributed by atoms with Gasteiger partial charge in [-0.3, -0.25) is 10.1 Å². The largest absolute Gasteiger partial charge is 0.444 e. The maximum atomic E-state index is 12.9. The van der Waals surface area contributed by atoms with E-state index < -0.39 is 17.3 Å². The second-order valence-electron chi connectivity index (χ2n) is 11.1. The van der Waals surface area contributed by atoms with Gasteiger partial charge < -0.3 is 25.0 Å². The minimum Gasteiger partial charge on any atom is -0.444 e. The molecule has 0 spiro atoms. The van der Waals surface area contributed by atoms with Crippen LogP contribution < -0.4 is 15.5 Å². The van der Waals surface area contributed by atoms with Gasteiger partial charge in [-0.15, -0.1) is 0 Å². The van der Waals surface area contributed by atoms with Crippen LogP contribution in [-0.4, -0.2) is 65.9 Å². The first-order chi connectivity index (χ1) is 16.8. The second-order valence-corrected chi connectivity index (χ2v) is 11.1. The number of likely N-dealkylation sites (tertiary alicyclic amines) is 1. The van der Waals surface area contributed by atoms with Crippen molar-refractivity contribution in [3.8, 4) is 0 Å². The van der Waals surface area contributed by atoms with Crippen LogP contribution in [0.4, 0.5) is 21.9 Å². The van der Waals surface area contributed by atoms with E-state index in [4.69, 9.17) is 4.74 Å². The van der Waals surface area contributed by atoms with Crippen molar-refractivity contribution in [2.75, 3.05) is 42.2 Å². The minimum absolute atomic E-state index is 0.262. The zero-order chi connectivity index (χ0) is 26.5. The Morgan fingerprint density at radius 3 is 2.06 bits per heavy atom. The molecule has 0 atom stereocenters. The Kier molecular flexibility index (Phi) is 8.63. The summed E-state index contributed by atoms with van der Waals surface area (Å²) in [6, 6.07) is 15.0. The molecule has 1 fully saturated rings. The van der Waals surface area contributed by atoms with Crippen molar-refractivity contribution >= 4 is 29.1 Å². The SMILES string of the molecule is CN(c1ccc(C(=O)Nc2ccccc2NC(=O)OC(C)(C)C)cc1)C1CCN(CC(C)(C)O)CC1. The summed E-state index contributed by atoms with van der Waals surface area (Å²) in [6.07, 6.45) is 1.47. The van der Waals surface area contributed by atoms with Crippen molar-refractivity contribution in [3.05, 3.63) is 54.1 Å². The molecule has 8 nitrogen and oxygen atoms in total. The number of aliphatic hydroxyl groups is 1. The molecule has 0 aliphatic carbocycles. The number of rotatable bonds is 7. The standard InChI is InChI=1S/C28H40N4O4/c1-27(2,3)36-26(34)30-24-10-8-7-9-23(24)29-25(33)20-11-13-21(14-12-20)31(6)22-15-17-32(18-16-22)19-28(4,5)35/h7-14,22,35H,15-19H2,1-6H3,(H,29,33)(H,30,34). The van der Waals surface area contributed by atoms with Crippen LogP contribution >= 0.6 is 0 Å². The van der Waals surface area contributed by atoms with E-state index in [0.717, 1.165) is 31.6 Å². The first kappa shape index (κ1) is 27.5. The molecule has 1 heterocycles. The number of carbonyl (C=O) groups is 2. The highest BCUT2D eigenvalue weighted by molar-refractivity contribution is 6.07. The molecule has 1 saturated heterocycles. The van der Waals surface area contributed by atoms with Crippen LogP contribution in [0.2, 0.25) is 0 Å². The van der Waals surface area contributed by atoms with Gasteiger partial charge in [0.15, 0.2) is 0 Å². The normalized spacial score (nSPS) is 15.3. The van der Waals surface area contributed by atoms with Gasteiger partial charge in [0.25, 0.3) is 5.91 Å². The van der Waals surface area contributed by atoms with Crippen LogP contribution in [0.25, 0.3) is 0 Å². The van der Waals surface area contributed by atoms with E-state index in [1.807, 2.05) is 38.1 Å². The lowest BCUT2D eigenvalue weighted by molar-refractivity contribution is 0.0282. The fraction of sp³-hybridized carbons (Fsp3) is 0.500. The van der Waals surface area contributed by atoms with Crippen LogP contribution in [0.3, 0.4) is 0 Å². The molecule has 8 heteroatoms. The second kappa shape index (κ2) is 11.3. The predicted octanol–water partition coefficient (Wildman–Crippen LogP) is 4.96. The number of piperidine rings is 1. The summed E-state index contributed by atoms with van der Waals surface area (Å²) in [5, 5.41) is 15.7. The van der Waals surface area contributed by atoms with Gasteiger partial charge in [-0.2, -0.15) is 0 Å². The molecule has 1 aliphatic rings. The quantitative estimate of drug-likeness (QED) is 0.502. The third kappa shape index (κ3) is 8.24. The zero-order valence-electron chi connectivity index (χ0n) is 22.3. The molecule has 0 saturated carbocycles. The van der Waals surface area contributed by atoms with E-state index in [0.29, 0.717) is 29.5 Å². The number of nitrogens with one attached hydrogen (secondary N) is 2. The lowest BCUT2D eigenvalue weighted by atomic mass is 10.0. The molecular formula is C28H40N4O4. The highest BCUT2D eigenvalue weighted by Gasteiger charge is 2.26. The van der Waals surface area contributed by atoms with Gasteiger partial charge in [0.2, 0.25) is 0 Å². The molecule has 2 aromatic rings. The van der Waals surface area contributed by atoms with Crippen LogP contribution in [0.1, 0.15) is 57.8 Å². The molecule has 3 N–H and O–H groups in total. The minimum atomic E-state index is -0.679. The molecular weight excluding hydrogens is 456 g/mol. The van der Waals surface area contributed by atoms with Crippen LogP contribution in [0.5, 0.6) is 0 Å². The number of anilines is 3. The van der Waals surface area contributed by atoms with Crippen molar-refractivity contribution in [2.45, 2.75) is 64.7 Å². The van der Waals surface area contributed by atoms with Gasteiger partial charge in [0, 0.05) is 44.0 Å². The maximum Gasteiger partial charge on any atom is 0.412 e. The molecule has 2 aromatic carbocycles. The molecule has 36 heavy (non-hydrogen) atoms. The lowest BCUT2D eigenvalue weighted by Gasteiger charge is -2.39. The molecule has 0 unspecified atom stereocenters. The van der Waals surface area contributed by atoms with Gasteiger partial charge >= 0.3 is 6.09 Å². The van der Waals surface area contributed by atoms with E-state index >= 15 is 0 Å². The summed E-state index contributed by atoms with van der Waals surface area (Å²) in [5.74, 6) is -0.262. The Morgan fingerprint density at radius 2 is 1.53 bits per heavy atom. The highest BCUT2D eigenvalue weighted by atomic mass is 16.6. The summed E-state index contributed by atoms with van der Waals surface area (Å²) in [5.41, 5.74) is 1.24. The number of ether oxygens (including phenoxy) is 1. The number of benzene rings is 2. The molecule has 0 bridgehead atoms. The summed E-state index contributed by atoms with van der Waals surface area (Å²) in [7, 11) is 2.09. The van der Waals surface area contributed by atoms with E-state index in [-0.39, 0.29) is 5.91 Å². The number of nitrogens with zero attached hydrogens (tertiary/aromatic N) is 2. The van der Waals surface area contributed by atoms with E-state index in [1.165, 1.54) is 0 Å². The van der Waals surface area contributed by atoms with Gasteiger partial charge in [0.05, 0.1) is 17.0 Å². The number of hydrogen-bond donors (Lipinski definition) is 3. The number of β-amino-alcohol motifs (C(OH)–C–C–N with tert-alkyl or cyclic N) is 1. The predicted molar refractivity (Wildman–Crippen MR) is 145 cm³/mol. The summed E-state index contributed by atoms with van der Waals surface area (Å²) >= 11 is 0. The number of hydrogen-bond acceptors (Lipinski definition) is 6. The first-order valence-electron chi connectivity index (χ1n) is 12.5. The third-order valence-electron chi connectivity index (χ3n) is 6.06. The Balaban J connectivity index is 1.59.